The number of rotatable bonds is 7. The van der Waals surface area contributed by atoms with E-state index in [0.29, 0.717) is 36.7 Å². The Kier molecular flexibility index (Phi) is 8.24. The van der Waals surface area contributed by atoms with Gasteiger partial charge in [-0.1, -0.05) is 35.9 Å². The molecule has 0 unspecified atom stereocenters. The van der Waals surface area contributed by atoms with Gasteiger partial charge < -0.3 is 4.74 Å². The van der Waals surface area contributed by atoms with Crippen molar-refractivity contribution in [3.8, 4) is 5.75 Å². The van der Waals surface area contributed by atoms with Gasteiger partial charge in [-0.25, -0.2) is 13.4 Å². The summed E-state index contributed by atoms with van der Waals surface area (Å²) in [6.07, 6.45) is 1.17. The molecule has 4 rings (SSSR count). The summed E-state index contributed by atoms with van der Waals surface area (Å²) in [5.74, 6) is -0.462. The van der Waals surface area contributed by atoms with E-state index >= 15 is 0 Å². The van der Waals surface area contributed by atoms with Gasteiger partial charge in [0, 0.05) is 29.4 Å². The van der Waals surface area contributed by atoms with Gasteiger partial charge in [-0.3, -0.25) is 20.4 Å². The van der Waals surface area contributed by atoms with Gasteiger partial charge in [0.05, 0.1) is 9.90 Å². The number of aromatic nitrogens is 1. The number of hydrogen-bond donors (Lipinski definition) is 2. The van der Waals surface area contributed by atoms with Crippen molar-refractivity contribution in [2.75, 3.05) is 19.7 Å². The molecule has 1 aliphatic rings. The van der Waals surface area contributed by atoms with Crippen LogP contribution in [-0.4, -0.2) is 49.2 Å². The van der Waals surface area contributed by atoms with E-state index < -0.39 is 21.8 Å². The maximum Gasteiger partial charge on any atom is 0.289 e. The summed E-state index contributed by atoms with van der Waals surface area (Å²) in [4.78, 5) is 28.9. The smallest absolute Gasteiger partial charge is 0.289 e. The van der Waals surface area contributed by atoms with Gasteiger partial charge in [-0.15, -0.1) is 11.3 Å². The van der Waals surface area contributed by atoms with E-state index in [1.54, 1.807) is 41.8 Å². The van der Waals surface area contributed by atoms with Crippen molar-refractivity contribution in [3.05, 3.63) is 75.2 Å². The molecule has 9 nitrogen and oxygen atoms in total. The lowest BCUT2D eigenvalue weighted by atomic mass is 9.99. The van der Waals surface area contributed by atoms with E-state index in [1.165, 1.54) is 21.7 Å². The highest BCUT2D eigenvalue weighted by molar-refractivity contribution is 7.89. The summed E-state index contributed by atoms with van der Waals surface area (Å²) < 4.78 is 32.8. The van der Waals surface area contributed by atoms with Crippen LogP contribution in [0.5, 0.6) is 5.75 Å². The van der Waals surface area contributed by atoms with Crippen LogP contribution in [0.25, 0.3) is 0 Å². The summed E-state index contributed by atoms with van der Waals surface area (Å²) in [7, 11) is -3.64. The third-order valence-corrected chi connectivity index (χ3v) is 9.08. The van der Waals surface area contributed by atoms with E-state index in [9.17, 15) is 18.0 Å². The van der Waals surface area contributed by atoms with Crippen molar-refractivity contribution in [2.24, 2.45) is 0 Å². The number of hydrazine groups is 1. The molecule has 0 bridgehead atoms. The highest BCUT2D eigenvalue weighted by Gasteiger charge is 2.31. The lowest BCUT2D eigenvalue weighted by Gasteiger charge is -2.30. The molecule has 0 aliphatic carbocycles. The molecule has 0 radical (unpaired) electrons. The number of benzene rings is 2. The molecule has 2 aromatic carbocycles. The fourth-order valence-electron chi connectivity index (χ4n) is 3.70. The number of halogens is 1. The number of nitrogens with zero attached hydrogens (tertiary/aromatic N) is 2. The van der Waals surface area contributed by atoms with Gasteiger partial charge in [0.15, 0.2) is 6.61 Å². The van der Waals surface area contributed by atoms with Crippen molar-refractivity contribution in [1.82, 2.24) is 20.1 Å². The lowest BCUT2D eigenvalue weighted by molar-refractivity contribution is -0.123. The molecule has 2 heterocycles. The first kappa shape index (κ1) is 26.1. The van der Waals surface area contributed by atoms with E-state index in [0.717, 1.165) is 10.6 Å². The molecule has 1 fully saturated rings. The van der Waals surface area contributed by atoms with E-state index in [2.05, 4.69) is 15.8 Å². The van der Waals surface area contributed by atoms with Crippen LogP contribution in [0.4, 0.5) is 0 Å². The first-order valence-corrected chi connectivity index (χ1v) is 13.9. The number of piperidine rings is 1. The second-order valence-corrected chi connectivity index (χ2v) is 11.5. The first-order chi connectivity index (χ1) is 17.2. The topological polar surface area (TPSA) is 118 Å². The predicted octanol–water partition coefficient (Wildman–Crippen LogP) is 3.51. The molecule has 190 valence electrons. The largest absolute Gasteiger partial charge is 0.484 e. The zero-order valence-corrected chi connectivity index (χ0v) is 21.8. The number of nitrogens with one attached hydrogen (secondary N) is 2. The Morgan fingerprint density at radius 3 is 2.56 bits per heavy atom. The Labute approximate surface area is 218 Å². The second-order valence-electron chi connectivity index (χ2n) is 8.26. The van der Waals surface area contributed by atoms with Crippen molar-refractivity contribution < 1.29 is 22.7 Å². The number of hydrogen-bond acceptors (Lipinski definition) is 7. The number of carbonyl (C=O) groups excluding carboxylic acids is 2. The van der Waals surface area contributed by atoms with Gasteiger partial charge in [-0.05, 0) is 49.6 Å². The summed E-state index contributed by atoms with van der Waals surface area (Å²) in [6.45, 7) is 2.26. The van der Waals surface area contributed by atoms with Crippen LogP contribution in [0.15, 0.2) is 58.8 Å². The number of ether oxygens (including phenoxy) is 1. The fourth-order valence-corrected chi connectivity index (χ4v) is 6.41. The Hall–Kier alpha value is -2.99. The van der Waals surface area contributed by atoms with Gasteiger partial charge in [0.25, 0.3) is 11.8 Å². The second kappa shape index (κ2) is 11.4. The minimum Gasteiger partial charge on any atom is -0.484 e. The number of para-hydroxylation sites is 1. The Balaban J connectivity index is 1.27. The Morgan fingerprint density at radius 1 is 1.14 bits per heavy atom. The number of thiazole rings is 1. The molecular weight excluding hydrogens is 524 g/mol. The highest BCUT2D eigenvalue weighted by Crippen LogP contribution is 2.33. The third-order valence-electron chi connectivity index (χ3n) is 5.77. The maximum atomic E-state index is 13.0. The molecule has 12 heteroatoms. The van der Waals surface area contributed by atoms with Crippen molar-refractivity contribution in [2.45, 2.75) is 30.6 Å². The number of aryl methyl sites for hydroxylation is 1. The third kappa shape index (κ3) is 6.22. The first-order valence-electron chi connectivity index (χ1n) is 11.2. The normalized spacial score (nSPS) is 14.8. The van der Waals surface area contributed by atoms with Crippen molar-refractivity contribution >= 4 is 44.8 Å². The number of sulfonamides is 1. The molecule has 1 saturated heterocycles. The molecule has 2 amide bonds. The van der Waals surface area contributed by atoms with Gasteiger partial charge in [0.2, 0.25) is 10.0 Å². The van der Waals surface area contributed by atoms with Crippen LogP contribution in [-0.2, 0) is 14.8 Å². The summed E-state index contributed by atoms with van der Waals surface area (Å²) >= 11 is 7.46. The molecule has 2 N–H and O–H groups in total. The van der Waals surface area contributed by atoms with Crippen LogP contribution in [0.2, 0.25) is 5.02 Å². The monoisotopic (exact) mass is 548 g/mol. The van der Waals surface area contributed by atoms with Crippen LogP contribution in [0.3, 0.4) is 0 Å². The molecule has 3 aromatic rings. The van der Waals surface area contributed by atoms with Crippen molar-refractivity contribution in [1.29, 1.82) is 0 Å². The average Bonchev–Trinajstić information content (AvgIpc) is 3.39. The Bertz CT molecular complexity index is 1340. The minimum absolute atomic E-state index is 0.0402. The highest BCUT2D eigenvalue weighted by atomic mass is 35.5. The molecule has 0 atom stereocenters. The minimum atomic E-state index is -3.64. The zero-order chi connectivity index (χ0) is 25.7. The molecule has 1 aliphatic heterocycles. The molecule has 1 aromatic heterocycles. The maximum absolute atomic E-state index is 13.0. The van der Waals surface area contributed by atoms with Gasteiger partial charge in [0.1, 0.15) is 11.4 Å². The van der Waals surface area contributed by atoms with E-state index in [1.807, 2.05) is 13.0 Å². The number of amides is 2. The predicted molar refractivity (Wildman–Crippen MR) is 137 cm³/mol. The summed E-state index contributed by atoms with van der Waals surface area (Å²) in [5, 5.41) is 2.79. The van der Waals surface area contributed by atoms with Crippen LogP contribution in [0, 0.1) is 6.92 Å². The van der Waals surface area contributed by atoms with E-state index in [4.69, 9.17) is 16.3 Å². The zero-order valence-electron chi connectivity index (χ0n) is 19.4. The van der Waals surface area contributed by atoms with Crippen LogP contribution in [0.1, 0.15) is 39.8 Å². The Morgan fingerprint density at radius 2 is 1.86 bits per heavy atom. The van der Waals surface area contributed by atoms with Crippen molar-refractivity contribution in [3.63, 3.8) is 0 Å². The van der Waals surface area contributed by atoms with Crippen LogP contribution >= 0.6 is 22.9 Å². The van der Waals surface area contributed by atoms with Crippen LogP contribution < -0.4 is 15.6 Å². The number of carbonyl (C=O) groups is 2. The SMILES string of the molecule is Cc1ccc(S(=O)(=O)N2CCC(c3nc(C(=O)NNC(=O)COc4ccccc4)cs3)CC2)cc1Cl. The summed E-state index contributed by atoms with van der Waals surface area (Å²) in [5.41, 5.74) is 5.64. The average molecular weight is 549 g/mol. The summed E-state index contributed by atoms with van der Waals surface area (Å²) in [6, 6.07) is 13.6. The van der Waals surface area contributed by atoms with Gasteiger partial charge in [-0.2, -0.15) is 4.31 Å². The molecule has 0 spiro atoms. The fraction of sp³-hybridized carbons (Fsp3) is 0.292. The molecule has 0 saturated carbocycles. The molecular formula is C24H25ClN4O5S2. The molecule has 36 heavy (non-hydrogen) atoms. The lowest BCUT2D eigenvalue weighted by Crippen LogP contribution is -2.44. The quantitative estimate of drug-likeness (QED) is 0.436. The van der Waals surface area contributed by atoms with E-state index in [-0.39, 0.29) is 23.1 Å². The van der Waals surface area contributed by atoms with Gasteiger partial charge >= 0.3 is 0 Å². The standard InChI is InChI=1S/C24H25ClN4O5S2/c1-16-7-8-19(13-20(16)25)36(32,33)29-11-9-17(10-12-29)24-26-21(15-35-24)23(31)28-27-22(30)14-34-18-5-3-2-4-6-18/h2-8,13,15,17H,9-12,14H2,1H3,(H,27,30)(H,28,31).